The Balaban J connectivity index is 4.85. The van der Waals surface area contributed by atoms with Crippen molar-refractivity contribution in [2.45, 2.75) is 59.1 Å². The van der Waals surface area contributed by atoms with Gasteiger partial charge in [0.2, 0.25) is 17.7 Å². The Morgan fingerprint density at radius 2 is 1.68 bits per heavy atom. The van der Waals surface area contributed by atoms with Crippen LogP contribution in [0.4, 0.5) is 4.79 Å². The van der Waals surface area contributed by atoms with Gasteiger partial charge in [-0.05, 0) is 34.1 Å². The number of likely N-dealkylation sites (N-methyl/N-ethyl adjacent to an activating group) is 1. The van der Waals surface area contributed by atoms with Crippen LogP contribution in [0.5, 0.6) is 0 Å². The number of nitrogens with two attached hydrogens (primary N) is 1. The van der Waals surface area contributed by atoms with Crippen molar-refractivity contribution in [1.82, 2.24) is 15.5 Å². The van der Waals surface area contributed by atoms with Crippen molar-refractivity contribution in [1.29, 1.82) is 0 Å². The quantitative estimate of drug-likeness (QED) is 0.539. The lowest BCUT2D eigenvalue weighted by Crippen LogP contribution is -2.53. The Morgan fingerprint density at radius 3 is 2.12 bits per heavy atom. The SMILES string of the molecule is CCC[C@@H](C(=O)NCC(N)=O)N(CC)C(=O)CNC(=O)OC(C)(C)C. The molecule has 0 saturated carbocycles. The average Bonchev–Trinajstić information content (AvgIpc) is 2.48. The number of hydrogen-bond donors (Lipinski definition) is 3. The van der Waals surface area contributed by atoms with E-state index in [9.17, 15) is 19.2 Å². The highest BCUT2D eigenvalue weighted by Gasteiger charge is 2.28. The van der Waals surface area contributed by atoms with Crippen molar-refractivity contribution >= 4 is 23.8 Å². The van der Waals surface area contributed by atoms with Gasteiger partial charge in [-0.15, -0.1) is 0 Å². The van der Waals surface area contributed by atoms with Crippen LogP contribution in [0.25, 0.3) is 0 Å². The number of carbonyl (C=O) groups is 4. The number of alkyl carbamates (subject to hydrolysis) is 1. The van der Waals surface area contributed by atoms with Crippen molar-refractivity contribution < 1.29 is 23.9 Å². The minimum Gasteiger partial charge on any atom is -0.444 e. The van der Waals surface area contributed by atoms with E-state index in [1.54, 1.807) is 27.7 Å². The molecule has 0 fully saturated rings. The summed E-state index contributed by atoms with van der Waals surface area (Å²) in [6.07, 6.45) is 0.385. The van der Waals surface area contributed by atoms with E-state index in [1.165, 1.54) is 4.90 Å². The van der Waals surface area contributed by atoms with Crippen LogP contribution in [0.15, 0.2) is 0 Å². The summed E-state index contributed by atoms with van der Waals surface area (Å²) in [6.45, 7) is 8.46. The summed E-state index contributed by atoms with van der Waals surface area (Å²) < 4.78 is 5.07. The molecule has 9 nitrogen and oxygen atoms in total. The maximum atomic E-state index is 12.4. The number of nitrogens with one attached hydrogen (secondary N) is 2. The molecule has 0 heterocycles. The van der Waals surface area contributed by atoms with Crippen LogP contribution >= 0.6 is 0 Å². The molecule has 0 unspecified atom stereocenters. The number of primary amides is 1. The minimum absolute atomic E-state index is 0.281. The number of rotatable bonds is 9. The topological polar surface area (TPSA) is 131 Å². The summed E-state index contributed by atoms with van der Waals surface area (Å²) in [5, 5.41) is 4.79. The molecule has 4 N–H and O–H groups in total. The Bertz CT molecular complexity index is 487. The largest absolute Gasteiger partial charge is 0.444 e. The van der Waals surface area contributed by atoms with Crippen molar-refractivity contribution in [2.24, 2.45) is 5.73 Å². The fraction of sp³-hybridized carbons (Fsp3) is 0.750. The summed E-state index contributed by atoms with van der Waals surface area (Å²) >= 11 is 0. The monoisotopic (exact) mass is 358 g/mol. The average molecular weight is 358 g/mol. The number of amides is 4. The molecule has 0 aliphatic carbocycles. The number of hydrogen-bond acceptors (Lipinski definition) is 5. The van der Waals surface area contributed by atoms with Gasteiger partial charge < -0.3 is 26.0 Å². The fourth-order valence-electron chi connectivity index (χ4n) is 2.13. The van der Waals surface area contributed by atoms with Gasteiger partial charge in [-0.1, -0.05) is 13.3 Å². The molecule has 0 aromatic rings. The van der Waals surface area contributed by atoms with Crippen LogP contribution in [0, 0.1) is 0 Å². The highest BCUT2D eigenvalue weighted by atomic mass is 16.6. The lowest BCUT2D eigenvalue weighted by molar-refractivity contribution is -0.140. The lowest BCUT2D eigenvalue weighted by Gasteiger charge is -2.30. The molecule has 0 saturated heterocycles. The van der Waals surface area contributed by atoms with E-state index in [1.807, 2.05) is 6.92 Å². The third-order valence-corrected chi connectivity index (χ3v) is 3.12. The van der Waals surface area contributed by atoms with Crippen LogP contribution in [-0.2, 0) is 19.1 Å². The second kappa shape index (κ2) is 10.5. The smallest absolute Gasteiger partial charge is 0.408 e. The van der Waals surface area contributed by atoms with Crippen molar-refractivity contribution in [2.75, 3.05) is 19.6 Å². The molecule has 144 valence electrons. The van der Waals surface area contributed by atoms with E-state index in [0.717, 1.165) is 0 Å². The molecule has 0 spiro atoms. The first kappa shape index (κ1) is 22.7. The fourth-order valence-corrected chi connectivity index (χ4v) is 2.13. The van der Waals surface area contributed by atoms with E-state index in [0.29, 0.717) is 12.8 Å². The Hall–Kier alpha value is -2.32. The molecule has 4 amide bonds. The van der Waals surface area contributed by atoms with Gasteiger partial charge in [0, 0.05) is 6.54 Å². The highest BCUT2D eigenvalue weighted by molar-refractivity contribution is 5.91. The van der Waals surface area contributed by atoms with Crippen molar-refractivity contribution in [3.8, 4) is 0 Å². The van der Waals surface area contributed by atoms with E-state index < -0.39 is 35.5 Å². The number of carbonyl (C=O) groups excluding carboxylic acids is 4. The minimum atomic E-state index is -0.734. The summed E-state index contributed by atoms with van der Waals surface area (Å²) in [5.41, 5.74) is 4.35. The first-order chi connectivity index (χ1) is 11.5. The molecule has 0 radical (unpaired) electrons. The van der Waals surface area contributed by atoms with Gasteiger partial charge in [0.25, 0.3) is 0 Å². The van der Waals surface area contributed by atoms with Crippen LogP contribution in [0.3, 0.4) is 0 Å². The number of ether oxygens (including phenoxy) is 1. The molecule has 0 aromatic heterocycles. The predicted octanol–water partition coefficient (Wildman–Crippen LogP) is 0.130. The van der Waals surface area contributed by atoms with Crippen LogP contribution < -0.4 is 16.4 Å². The van der Waals surface area contributed by atoms with Gasteiger partial charge >= 0.3 is 6.09 Å². The van der Waals surface area contributed by atoms with E-state index in [4.69, 9.17) is 10.5 Å². The lowest BCUT2D eigenvalue weighted by atomic mass is 10.1. The van der Waals surface area contributed by atoms with Crippen LogP contribution in [0.2, 0.25) is 0 Å². The van der Waals surface area contributed by atoms with Gasteiger partial charge in [-0.3, -0.25) is 14.4 Å². The zero-order valence-corrected chi connectivity index (χ0v) is 15.7. The third kappa shape index (κ3) is 9.53. The zero-order valence-electron chi connectivity index (χ0n) is 15.7. The molecular weight excluding hydrogens is 328 g/mol. The first-order valence-corrected chi connectivity index (χ1v) is 8.34. The van der Waals surface area contributed by atoms with E-state index >= 15 is 0 Å². The molecule has 0 aliphatic heterocycles. The third-order valence-electron chi connectivity index (χ3n) is 3.12. The Morgan fingerprint density at radius 1 is 1.08 bits per heavy atom. The molecule has 9 heteroatoms. The Kier molecular flexibility index (Phi) is 9.55. The standard InChI is InChI=1S/C16H30N4O5/c1-6-8-11(14(23)18-9-12(17)21)20(7-2)13(22)10-19-15(24)25-16(3,4)5/h11H,6-10H2,1-5H3,(H2,17,21)(H,18,23)(H,19,24)/t11-/m0/s1. The molecule has 25 heavy (non-hydrogen) atoms. The molecule has 0 aliphatic rings. The highest BCUT2D eigenvalue weighted by Crippen LogP contribution is 2.09. The maximum absolute atomic E-state index is 12.4. The maximum Gasteiger partial charge on any atom is 0.408 e. The predicted molar refractivity (Wildman–Crippen MR) is 92.5 cm³/mol. The normalized spacial score (nSPS) is 12.0. The van der Waals surface area contributed by atoms with Gasteiger partial charge in [-0.25, -0.2) is 4.79 Å². The van der Waals surface area contributed by atoms with Crippen molar-refractivity contribution in [3.63, 3.8) is 0 Å². The molecule has 1 atom stereocenters. The summed E-state index contributed by atoms with van der Waals surface area (Å²) in [6, 6.07) is -0.734. The first-order valence-electron chi connectivity index (χ1n) is 8.34. The van der Waals surface area contributed by atoms with Crippen molar-refractivity contribution in [3.05, 3.63) is 0 Å². The van der Waals surface area contributed by atoms with E-state index in [-0.39, 0.29) is 19.6 Å². The Labute approximate surface area is 148 Å². The van der Waals surface area contributed by atoms with Gasteiger partial charge in [0.05, 0.1) is 6.54 Å². The van der Waals surface area contributed by atoms with Gasteiger partial charge in [0.1, 0.15) is 18.2 Å². The number of nitrogens with zero attached hydrogens (tertiary/aromatic N) is 1. The van der Waals surface area contributed by atoms with Gasteiger partial charge in [0.15, 0.2) is 0 Å². The molecule has 0 bridgehead atoms. The second-order valence-electron chi connectivity index (χ2n) is 6.52. The summed E-state index contributed by atoms with van der Waals surface area (Å²) in [5.74, 6) is -1.53. The second-order valence-corrected chi connectivity index (χ2v) is 6.52. The summed E-state index contributed by atoms with van der Waals surface area (Å²) in [4.78, 5) is 48.4. The molecular formula is C16H30N4O5. The van der Waals surface area contributed by atoms with Crippen LogP contribution in [-0.4, -0.2) is 60.0 Å². The summed E-state index contributed by atoms with van der Waals surface area (Å²) in [7, 11) is 0. The van der Waals surface area contributed by atoms with E-state index in [2.05, 4.69) is 10.6 Å². The molecule has 0 rings (SSSR count). The van der Waals surface area contributed by atoms with Gasteiger partial charge in [-0.2, -0.15) is 0 Å². The zero-order chi connectivity index (χ0) is 19.6. The molecule has 0 aromatic carbocycles. The van der Waals surface area contributed by atoms with Crippen LogP contribution in [0.1, 0.15) is 47.5 Å².